The number of carbonyl (C=O) groups is 1. The largest absolute Gasteiger partial charge is 0.311 e. The van der Waals surface area contributed by atoms with E-state index < -0.39 is 17.3 Å². The highest BCUT2D eigenvalue weighted by atomic mass is 32.1. The van der Waals surface area contributed by atoms with Gasteiger partial charge in [0.2, 0.25) is 0 Å². The summed E-state index contributed by atoms with van der Waals surface area (Å²) in [5.74, 6) is -1.32. The molecular weight excluding hydrogens is 410 g/mol. The molecule has 0 atom stereocenters. The highest BCUT2D eigenvalue weighted by Gasteiger charge is 2.12. The van der Waals surface area contributed by atoms with Crippen molar-refractivity contribution in [2.24, 2.45) is 0 Å². The number of halogens is 2. The van der Waals surface area contributed by atoms with E-state index in [2.05, 4.69) is 15.3 Å². The summed E-state index contributed by atoms with van der Waals surface area (Å²) in [6, 6.07) is 11.1. The van der Waals surface area contributed by atoms with Crippen LogP contribution in [-0.2, 0) is 6.54 Å². The third kappa shape index (κ3) is 4.47. The minimum atomic E-state index is -0.502. The molecule has 0 bridgehead atoms. The lowest BCUT2D eigenvalue weighted by Crippen LogP contribution is -2.22. The van der Waals surface area contributed by atoms with Gasteiger partial charge in [0, 0.05) is 35.5 Å². The van der Waals surface area contributed by atoms with Crippen LogP contribution in [0.5, 0.6) is 0 Å². The number of nitrogens with zero attached hydrogens (tertiary/aromatic N) is 3. The fourth-order valence-electron chi connectivity index (χ4n) is 2.77. The summed E-state index contributed by atoms with van der Waals surface area (Å²) >= 11 is 1.16. The Morgan fingerprint density at radius 1 is 1.07 bits per heavy atom. The topological polar surface area (TPSA) is 76.9 Å². The van der Waals surface area contributed by atoms with Gasteiger partial charge in [-0.15, -0.1) is 11.3 Å². The number of hydrogen-bond acceptors (Lipinski definition) is 5. The van der Waals surface area contributed by atoms with E-state index in [-0.39, 0.29) is 17.9 Å². The van der Waals surface area contributed by atoms with Crippen LogP contribution in [0.3, 0.4) is 0 Å². The number of rotatable bonds is 5. The van der Waals surface area contributed by atoms with Gasteiger partial charge in [0.05, 0.1) is 12.2 Å². The summed E-state index contributed by atoms with van der Waals surface area (Å²) in [5.41, 5.74) is 1.19. The zero-order valence-corrected chi connectivity index (χ0v) is 16.2. The van der Waals surface area contributed by atoms with Crippen molar-refractivity contribution in [3.8, 4) is 11.4 Å². The SMILES string of the molecule is O=C(Nc1nc(-c2cc(F)ccn2)cs1)c1ccn(Cc2cccc(F)c2)c(=O)c1. The van der Waals surface area contributed by atoms with Crippen molar-refractivity contribution in [2.45, 2.75) is 6.54 Å². The van der Waals surface area contributed by atoms with Crippen LogP contribution in [0.4, 0.5) is 13.9 Å². The minimum absolute atomic E-state index is 0.163. The molecular formula is C21H14F2N4O2S. The van der Waals surface area contributed by atoms with Crippen LogP contribution in [-0.4, -0.2) is 20.4 Å². The molecule has 0 aliphatic heterocycles. The van der Waals surface area contributed by atoms with Crippen molar-refractivity contribution in [1.29, 1.82) is 0 Å². The fourth-order valence-corrected chi connectivity index (χ4v) is 3.47. The molecule has 4 aromatic rings. The summed E-state index contributed by atoms with van der Waals surface area (Å²) in [4.78, 5) is 33.1. The van der Waals surface area contributed by atoms with E-state index in [1.165, 1.54) is 53.4 Å². The average molecular weight is 424 g/mol. The van der Waals surface area contributed by atoms with Crippen LogP contribution in [0, 0.1) is 11.6 Å². The van der Waals surface area contributed by atoms with Crippen LogP contribution in [0.1, 0.15) is 15.9 Å². The molecule has 0 aliphatic rings. The van der Waals surface area contributed by atoms with Crippen LogP contribution in [0.2, 0.25) is 0 Å². The highest BCUT2D eigenvalue weighted by Crippen LogP contribution is 2.24. The van der Waals surface area contributed by atoms with E-state index in [9.17, 15) is 18.4 Å². The standard InChI is InChI=1S/C21H14F2N4O2S/c22-15-3-1-2-13(8-15)11-27-7-5-14(9-19(27)28)20(29)26-21-25-18(12-30-21)17-10-16(23)4-6-24-17/h1-10,12H,11H2,(H,25,26,29). The zero-order chi connectivity index (χ0) is 21.1. The van der Waals surface area contributed by atoms with E-state index >= 15 is 0 Å². The number of amides is 1. The Morgan fingerprint density at radius 2 is 1.90 bits per heavy atom. The smallest absolute Gasteiger partial charge is 0.257 e. The molecule has 6 nitrogen and oxygen atoms in total. The molecule has 9 heteroatoms. The molecule has 0 spiro atoms. The first-order valence-electron chi connectivity index (χ1n) is 8.82. The highest BCUT2D eigenvalue weighted by molar-refractivity contribution is 7.14. The van der Waals surface area contributed by atoms with E-state index in [1.54, 1.807) is 17.5 Å². The molecule has 150 valence electrons. The molecule has 0 fully saturated rings. The van der Waals surface area contributed by atoms with Gasteiger partial charge in [-0.05, 0) is 29.8 Å². The Balaban J connectivity index is 1.48. The zero-order valence-electron chi connectivity index (χ0n) is 15.4. The minimum Gasteiger partial charge on any atom is -0.311 e. The molecule has 0 saturated heterocycles. The van der Waals surface area contributed by atoms with E-state index in [1.807, 2.05) is 0 Å². The Labute approximate surface area is 173 Å². The first-order valence-corrected chi connectivity index (χ1v) is 9.70. The van der Waals surface area contributed by atoms with Crippen molar-refractivity contribution in [1.82, 2.24) is 14.5 Å². The Bertz CT molecular complexity index is 1290. The number of nitrogens with one attached hydrogen (secondary N) is 1. The monoisotopic (exact) mass is 424 g/mol. The normalized spacial score (nSPS) is 10.7. The molecule has 3 aromatic heterocycles. The molecule has 0 aliphatic carbocycles. The maximum atomic E-state index is 13.3. The Kier molecular flexibility index (Phi) is 5.44. The second kappa shape index (κ2) is 8.34. The van der Waals surface area contributed by atoms with Gasteiger partial charge in [-0.2, -0.15) is 0 Å². The summed E-state index contributed by atoms with van der Waals surface area (Å²) < 4.78 is 28.0. The molecule has 0 saturated carbocycles. The van der Waals surface area contributed by atoms with Crippen LogP contribution in [0.15, 0.2) is 71.1 Å². The maximum Gasteiger partial charge on any atom is 0.257 e. The third-order valence-electron chi connectivity index (χ3n) is 4.21. The van der Waals surface area contributed by atoms with Crippen molar-refractivity contribution in [2.75, 3.05) is 5.32 Å². The van der Waals surface area contributed by atoms with Crippen molar-refractivity contribution < 1.29 is 13.6 Å². The lowest BCUT2D eigenvalue weighted by atomic mass is 10.2. The summed E-state index contributed by atoms with van der Waals surface area (Å²) in [5, 5.41) is 4.56. The number of hydrogen-bond donors (Lipinski definition) is 1. The molecule has 30 heavy (non-hydrogen) atoms. The number of pyridine rings is 2. The molecule has 4 rings (SSSR count). The molecule has 1 aromatic carbocycles. The second-order valence-electron chi connectivity index (χ2n) is 6.36. The van der Waals surface area contributed by atoms with Crippen LogP contribution in [0.25, 0.3) is 11.4 Å². The number of carbonyl (C=O) groups excluding carboxylic acids is 1. The first kappa shape index (κ1) is 19.6. The Morgan fingerprint density at radius 3 is 2.67 bits per heavy atom. The molecule has 0 radical (unpaired) electrons. The van der Waals surface area contributed by atoms with Gasteiger partial charge in [0.1, 0.15) is 17.3 Å². The molecule has 1 amide bonds. The lowest BCUT2D eigenvalue weighted by Gasteiger charge is -2.07. The van der Waals surface area contributed by atoms with Crippen LogP contribution < -0.4 is 10.9 Å². The number of thiazole rings is 1. The van der Waals surface area contributed by atoms with Crippen molar-refractivity contribution in [3.63, 3.8) is 0 Å². The van der Waals surface area contributed by atoms with Gasteiger partial charge in [-0.3, -0.25) is 19.9 Å². The van der Waals surface area contributed by atoms with Crippen molar-refractivity contribution >= 4 is 22.4 Å². The predicted molar refractivity (Wildman–Crippen MR) is 109 cm³/mol. The fraction of sp³-hybridized carbons (Fsp3) is 0.0476. The van der Waals surface area contributed by atoms with Gasteiger partial charge in [-0.25, -0.2) is 13.8 Å². The number of benzene rings is 1. The molecule has 1 N–H and O–H groups in total. The number of aromatic nitrogens is 3. The Hall–Kier alpha value is -3.72. The van der Waals surface area contributed by atoms with Crippen molar-refractivity contribution in [3.05, 3.63) is 99.4 Å². The first-order chi connectivity index (χ1) is 14.5. The third-order valence-corrected chi connectivity index (χ3v) is 4.97. The van der Waals surface area contributed by atoms with Gasteiger partial charge in [0.25, 0.3) is 11.5 Å². The van der Waals surface area contributed by atoms with E-state index in [0.717, 1.165) is 11.3 Å². The second-order valence-corrected chi connectivity index (χ2v) is 7.22. The van der Waals surface area contributed by atoms with Gasteiger partial charge >= 0.3 is 0 Å². The van der Waals surface area contributed by atoms with Gasteiger partial charge < -0.3 is 4.57 Å². The lowest BCUT2D eigenvalue weighted by molar-refractivity contribution is 0.102. The van der Waals surface area contributed by atoms with Gasteiger partial charge in [0.15, 0.2) is 5.13 Å². The van der Waals surface area contributed by atoms with E-state index in [0.29, 0.717) is 22.1 Å². The van der Waals surface area contributed by atoms with Gasteiger partial charge in [-0.1, -0.05) is 12.1 Å². The van der Waals surface area contributed by atoms with Crippen LogP contribution >= 0.6 is 11.3 Å². The average Bonchev–Trinajstić information content (AvgIpc) is 3.18. The number of anilines is 1. The maximum absolute atomic E-state index is 13.3. The van der Waals surface area contributed by atoms with E-state index in [4.69, 9.17) is 0 Å². The predicted octanol–water partition coefficient (Wildman–Crippen LogP) is 3.95. The summed E-state index contributed by atoms with van der Waals surface area (Å²) in [6.45, 7) is 0.189. The summed E-state index contributed by atoms with van der Waals surface area (Å²) in [7, 11) is 0. The quantitative estimate of drug-likeness (QED) is 0.526. The molecule has 0 unspecified atom stereocenters. The summed E-state index contributed by atoms with van der Waals surface area (Å²) in [6.07, 6.45) is 2.81. The molecule has 3 heterocycles.